The van der Waals surface area contributed by atoms with Crippen LogP contribution in [0.1, 0.15) is 12.7 Å². The van der Waals surface area contributed by atoms with Gasteiger partial charge in [0.1, 0.15) is 11.4 Å². The Morgan fingerprint density at radius 2 is 2.24 bits per heavy atom. The molecule has 0 unspecified atom stereocenters. The lowest BCUT2D eigenvalue weighted by atomic mass is 10.3. The van der Waals surface area contributed by atoms with Crippen LogP contribution in [-0.4, -0.2) is 6.54 Å². The Bertz CT molecular complexity index is 485. The fourth-order valence-electron chi connectivity index (χ4n) is 1.62. The molecule has 0 fully saturated rings. The van der Waals surface area contributed by atoms with Gasteiger partial charge >= 0.3 is 0 Å². The average Bonchev–Trinajstić information content (AvgIpc) is 2.82. The maximum Gasteiger partial charge on any atom is 0.286 e. The number of nitrogens with zero attached hydrogens (tertiary/aromatic N) is 2. The Kier molecular flexibility index (Phi) is 3.54. The molecule has 0 N–H and O–H groups in total. The minimum absolute atomic E-state index is 0.169. The maximum atomic E-state index is 11.4. The lowest BCUT2D eigenvalue weighted by Gasteiger charge is -2.20. The van der Waals surface area contributed by atoms with Gasteiger partial charge in [-0.05, 0) is 36.7 Å². The molecule has 0 aliphatic rings. The highest BCUT2D eigenvalue weighted by molar-refractivity contribution is 6.28. The first-order valence-electron chi connectivity index (χ1n) is 5.36. The molecule has 0 spiro atoms. The molecule has 90 valence electrons. The summed E-state index contributed by atoms with van der Waals surface area (Å²) in [5, 5.41) is 11.6. The molecule has 0 saturated carbocycles. The molecule has 0 amide bonds. The highest BCUT2D eigenvalue weighted by Crippen LogP contribution is 2.17. The summed E-state index contributed by atoms with van der Waals surface area (Å²) >= 11 is 5.68. The van der Waals surface area contributed by atoms with Crippen molar-refractivity contribution >= 4 is 17.3 Å². The largest absolute Gasteiger partial charge is 0.618 e. The van der Waals surface area contributed by atoms with Gasteiger partial charge < -0.3 is 14.5 Å². The molecule has 2 aromatic heterocycles. The van der Waals surface area contributed by atoms with E-state index in [0.29, 0.717) is 11.3 Å². The van der Waals surface area contributed by atoms with Gasteiger partial charge in [-0.25, -0.2) is 0 Å². The number of rotatable bonds is 4. The first-order chi connectivity index (χ1) is 8.20. The first-order valence-corrected chi connectivity index (χ1v) is 5.74. The van der Waals surface area contributed by atoms with Crippen molar-refractivity contribution in [2.75, 3.05) is 11.4 Å². The van der Waals surface area contributed by atoms with Gasteiger partial charge in [0.25, 0.3) is 5.15 Å². The van der Waals surface area contributed by atoms with Crippen molar-refractivity contribution in [3.8, 4) is 0 Å². The van der Waals surface area contributed by atoms with Gasteiger partial charge in [0.05, 0.1) is 12.8 Å². The molecule has 4 nitrogen and oxygen atoms in total. The van der Waals surface area contributed by atoms with E-state index in [4.69, 9.17) is 16.0 Å². The van der Waals surface area contributed by atoms with Crippen LogP contribution in [0.2, 0.25) is 5.15 Å². The van der Waals surface area contributed by atoms with Gasteiger partial charge in [-0.2, -0.15) is 4.73 Å². The Hall–Kier alpha value is -1.68. The summed E-state index contributed by atoms with van der Waals surface area (Å²) in [7, 11) is 0. The highest BCUT2D eigenvalue weighted by Gasteiger charge is 2.11. The van der Waals surface area contributed by atoms with Crippen molar-refractivity contribution in [1.82, 2.24) is 0 Å². The van der Waals surface area contributed by atoms with Crippen molar-refractivity contribution < 1.29 is 9.15 Å². The molecule has 2 rings (SSSR count). The van der Waals surface area contributed by atoms with Crippen LogP contribution < -0.4 is 9.63 Å². The molecule has 17 heavy (non-hydrogen) atoms. The zero-order valence-corrected chi connectivity index (χ0v) is 10.2. The molecule has 2 heterocycles. The summed E-state index contributed by atoms with van der Waals surface area (Å²) in [6.45, 7) is 3.43. The van der Waals surface area contributed by atoms with Crippen molar-refractivity contribution in [2.45, 2.75) is 13.5 Å². The van der Waals surface area contributed by atoms with E-state index in [9.17, 15) is 5.21 Å². The number of hydrogen-bond acceptors (Lipinski definition) is 3. The predicted molar refractivity (Wildman–Crippen MR) is 65.8 cm³/mol. The van der Waals surface area contributed by atoms with Crippen molar-refractivity contribution in [1.29, 1.82) is 0 Å². The van der Waals surface area contributed by atoms with Crippen LogP contribution in [0.5, 0.6) is 0 Å². The summed E-state index contributed by atoms with van der Waals surface area (Å²) in [6, 6.07) is 7.17. The minimum Gasteiger partial charge on any atom is -0.618 e. The monoisotopic (exact) mass is 252 g/mol. The molecule has 0 radical (unpaired) electrons. The Labute approximate surface area is 105 Å². The van der Waals surface area contributed by atoms with Crippen LogP contribution in [-0.2, 0) is 6.54 Å². The van der Waals surface area contributed by atoms with E-state index in [1.54, 1.807) is 12.3 Å². The molecular formula is C12H13ClN2O2. The summed E-state index contributed by atoms with van der Waals surface area (Å²) in [5.41, 5.74) is 0.823. The second-order valence-corrected chi connectivity index (χ2v) is 4.02. The van der Waals surface area contributed by atoms with E-state index < -0.39 is 0 Å². The highest BCUT2D eigenvalue weighted by atomic mass is 35.5. The van der Waals surface area contributed by atoms with Gasteiger partial charge in [-0.15, -0.1) is 0 Å². The Balaban J connectivity index is 2.20. The number of hydrogen-bond donors (Lipinski definition) is 0. The quantitative estimate of drug-likeness (QED) is 0.477. The van der Waals surface area contributed by atoms with Gasteiger partial charge in [0, 0.05) is 12.6 Å². The van der Waals surface area contributed by atoms with Crippen LogP contribution in [0.25, 0.3) is 0 Å². The fourth-order valence-corrected chi connectivity index (χ4v) is 1.73. The zero-order chi connectivity index (χ0) is 12.3. The third kappa shape index (κ3) is 2.71. The van der Waals surface area contributed by atoms with Crippen molar-refractivity contribution in [3.05, 3.63) is 52.8 Å². The Morgan fingerprint density at radius 3 is 2.82 bits per heavy atom. The SMILES string of the molecule is CCN(Cc1ccco1)c1ccc(Cl)[n+]([O-])c1. The molecule has 2 aromatic rings. The summed E-state index contributed by atoms with van der Waals surface area (Å²) in [5.74, 6) is 0.860. The molecule has 0 aromatic carbocycles. The topological polar surface area (TPSA) is 43.3 Å². The maximum absolute atomic E-state index is 11.4. The van der Waals surface area contributed by atoms with E-state index in [0.717, 1.165) is 18.0 Å². The predicted octanol–water partition coefficient (Wildman–Crippen LogP) is 2.59. The van der Waals surface area contributed by atoms with Crippen molar-refractivity contribution in [3.63, 3.8) is 0 Å². The van der Waals surface area contributed by atoms with Gasteiger partial charge in [-0.3, -0.25) is 0 Å². The van der Waals surface area contributed by atoms with Gasteiger partial charge in [0.2, 0.25) is 6.20 Å². The summed E-state index contributed by atoms with van der Waals surface area (Å²) in [4.78, 5) is 2.03. The number of anilines is 1. The normalized spacial score (nSPS) is 10.5. The minimum atomic E-state index is 0.169. The zero-order valence-electron chi connectivity index (χ0n) is 9.47. The van der Waals surface area contributed by atoms with E-state index in [1.807, 2.05) is 30.0 Å². The number of halogens is 1. The molecule has 0 bridgehead atoms. The second-order valence-electron chi connectivity index (χ2n) is 3.63. The fraction of sp³-hybridized carbons (Fsp3) is 0.250. The van der Waals surface area contributed by atoms with Gasteiger partial charge in [-0.1, -0.05) is 0 Å². The van der Waals surface area contributed by atoms with Crippen LogP contribution in [0.3, 0.4) is 0 Å². The van der Waals surface area contributed by atoms with Gasteiger partial charge in [0.15, 0.2) is 0 Å². The third-order valence-electron chi connectivity index (χ3n) is 2.53. The molecule has 0 aliphatic heterocycles. The van der Waals surface area contributed by atoms with Crippen LogP contribution >= 0.6 is 11.6 Å². The Morgan fingerprint density at radius 1 is 1.41 bits per heavy atom. The molecular weight excluding hydrogens is 240 g/mol. The lowest BCUT2D eigenvalue weighted by Crippen LogP contribution is -2.30. The van der Waals surface area contributed by atoms with E-state index in [2.05, 4.69) is 0 Å². The van der Waals surface area contributed by atoms with Crippen LogP contribution in [0.15, 0.2) is 41.1 Å². The number of furan rings is 1. The number of aromatic nitrogens is 1. The molecule has 0 aliphatic carbocycles. The molecule has 0 saturated heterocycles. The lowest BCUT2D eigenvalue weighted by molar-refractivity contribution is -0.602. The van der Waals surface area contributed by atoms with E-state index in [1.165, 1.54) is 6.20 Å². The third-order valence-corrected chi connectivity index (χ3v) is 2.82. The standard InChI is InChI=1S/C12H13ClN2O2/c1-2-14(9-11-4-3-7-17-11)10-5-6-12(13)15(16)8-10/h3-8H,2,9H2,1H3. The smallest absolute Gasteiger partial charge is 0.286 e. The van der Waals surface area contributed by atoms with Crippen molar-refractivity contribution in [2.24, 2.45) is 0 Å². The van der Waals surface area contributed by atoms with Crippen LogP contribution in [0, 0.1) is 5.21 Å². The summed E-state index contributed by atoms with van der Waals surface area (Å²) in [6.07, 6.45) is 3.10. The average molecular weight is 253 g/mol. The van der Waals surface area contributed by atoms with Crippen LogP contribution in [0.4, 0.5) is 5.69 Å². The molecule has 0 atom stereocenters. The number of pyridine rings is 1. The molecule has 5 heteroatoms. The van der Waals surface area contributed by atoms with E-state index >= 15 is 0 Å². The van der Waals surface area contributed by atoms with E-state index in [-0.39, 0.29) is 5.15 Å². The first kappa shape index (κ1) is 11.8. The second kappa shape index (κ2) is 5.10. The summed E-state index contributed by atoms with van der Waals surface area (Å²) < 4.78 is 5.94.